The zero-order valence-corrected chi connectivity index (χ0v) is 11.4. The number of amides is 2. The summed E-state index contributed by atoms with van der Waals surface area (Å²) in [5.41, 5.74) is 0. The largest absolute Gasteiger partial charge is 0.359 e. The first kappa shape index (κ1) is 15.0. The number of nitrogens with one attached hydrogen (secondary N) is 3. The lowest BCUT2D eigenvalue weighted by molar-refractivity contribution is -0.124. The molecule has 1 saturated carbocycles. The van der Waals surface area contributed by atoms with E-state index in [1.54, 1.807) is 7.05 Å². The van der Waals surface area contributed by atoms with Gasteiger partial charge >= 0.3 is 0 Å². The standard InChI is InChI=1S/C13H25N3O2/c1-10(15-9-8-12(17)14-2)13(18)16-11-6-4-3-5-7-11/h10-11,15H,3-9H2,1-2H3,(H,14,17)(H,16,18). The van der Waals surface area contributed by atoms with Crippen molar-refractivity contribution in [2.24, 2.45) is 0 Å². The Morgan fingerprint density at radius 1 is 1.22 bits per heavy atom. The number of carbonyl (C=O) groups is 2. The first-order chi connectivity index (χ1) is 8.63. The molecule has 5 nitrogen and oxygen atoms in total. The second-order valence-electron chi connectivity index (χ2n) is 4.94. The van der Waals surface area contributed by atoms with E-state index in [1.807, 2.05) is 6.92 Å². The van der Waals surface area contributed by atoms with E-state index in [0.29, 0.717) is 19.0 Å². The summed E-state index contributed by atoms with van der Waals surface area (Å²) >= 11 is 0. The van der Waals surface area contributed by atoms with Crippen molar-refractivity contribution < 1.29 is 9.59 Å². The van der Waals surface area contributed by atoms with E-state index in [-0.39, 0.29) is 17.9 Å². The maximum atomic E-state index is 11.9. The molecule has 0 spiro atoms. The third-order valence-corrected chi connectivity index (χ3v) is 3.43. The van der Waals surface area contributed by atoms with Gasteiger partial charge in [-0.15, -0.1) is 0 Å². The van der Waals surface area contributed by atoms with E-state index < -0.39 is 0 Å². The Morgan fingerprint density at radius 2 is 1.89 bits per heavy atom. The molecule has 1 rings (SSSR count). The summed E-state index contributed by atoms with van der Waals surface area (Å²) in [5, 5.41) is 8.69. The molecule has 0 aromatic rings. The maximum absolute atomic E-state index is 11.9. The molecule has 0 radical (unpaired) electrons. The highest BCUT2D eigenvalue weighted by atomic mass is 16.2. The Labute approximate surface area is 109 Å². The molecule has 18 heavy (non-hydrogen) atoms. The van der Waals surface area contributed by atoms with Crippen LogP contribution in [0.15, 0.2) is 0 Å². The SMILES string of the molecule is CNC(=O)CCNC(C)C(=O)NC1CCCCC1. The van der Waals surface area contributed by atoms with E-state index in [1.165, 1.54) is 19.3 Å². The van der Waals surface area contributed by atoms with Gasteiger partial charge in [0.25, 0.3) is 0 Å². The predicted octanol–water partition coefficient (Wildman–Crippen LogP) is 0.549. The van der Waals surface area contributed by atoms with Crippen molar-refractivity contribution in [2.45, 2.75) is 57.5 Å². The average Bonchev–Trinajstić information content (AvgIpc) is 2.39. The van der Waals surface area contributed by atoms with Gasteiger partial charge in [0.1, 0.15) is 0 Å². The minimum atomic E-state index is -0.239. The Morgan fingerprint density at radius 3 is 2.50 bits per heavy atom. The molecule has 1 aliphatic rings. The Balaban J connectivity index is 2.17. The molecule has 5 heteroatoms. The van der Waals surface area contributed by atoms with Crippen LogP contribution in [0.3, 0.4) is 0 Å². The molecule has 1 unspecified atom stereocenters. The van der Waals surface area contributed by atoms with Crippen molar-refractivity contribution in [1.82, 2.24) is 16.0 Å². The zero-order valence-electron chi connectivity index (χ0n) is 11.4. The highest BCUT2D eigenvalue weighted by Gasteiger charge is 2.19. The van der Waals surface area contributed by atoms with Gasteiger partial charge in [-0.2, -0.15) is 0 Å². The van der Waals surface area contributed by atoms with Crippen LogP contribution in [0.2, 0.25) is 0 Å². The molecule has 0 bridgehead atoms. The average molecular weight is 255 g/mol. The van der Waals surface area contributed by atoms with Crippen molar-refractivity contribution >= 4 is 11.8 Å². The molecule has 1 fully saturated rings. The fraction of sp³-hybridized carbons (Fsp3) is 0.846. The zero-order chi connectivity index (χ0) is 13.4. The van der Waals surface area contributed by atoms with E-state index >= 15 is 0 Å². The molecule has 0 saturated heterocycles. The molecule has 3 N–H and O–H groups in total. The molecule has 1 atom stereocenters. The van der Waals surface area contributed by atoms with Crippen LogP contribution in [0.1, 0.15) is 45.4 Å². The fourth-order valence-electron chi connectivity index (χ4n) is 2.19. The summed E-state index contributed by atoms with van der Waals surface area (Å²) in [6, 6.07) is 0.103. The second-order valence-corrected chi connectivity index (χ2v) is 4.94. The summed E-state index contributed by atoms with van der Waals surface area (Å²) in [5.74, 6) is 0.0289. The summed E-state index contributed by atoms with van der Waals surface area (Å²) in [7, 11) is 1.61. The topological polar surface area (TPSA) is 70.2 Å². The highest BCUT2D eigenvalue weighted by Crippen LogP contribution is 2.17. The van der Waals surface area contributed by atoms with E-state index in [2.05, 4.69) is 16.0 Å². The lowest BCUT2D eigenvalue weighted by atomic mass is 9.95. The molecular weight excluding hydrogens is 230 g/mol. The van der Waals surface area contributed by atoms with Crippen LogP contribution in [0, 0.1) is 0 Å². The first-order valence-corrected chi connectivity index (χ1v) is 6.88. The molecule has 0 heterocycles. The van der Waals surface area contributed by atoms with Crippen molar-refractivity contribution in [3.05, 3.63) is 0 Å². The summed E-state index contributed by atoms with van der Waals surface area (Å²) < 4.78 is 0. The van der Waals surface area contributed by atoms with Gasteiger partial charge < -0.3 is 16.0 Å². The van der Waals surface area contributed by atoms with Crippen LogP contribution in [-0.2, 0) is 9.59 Å². The van der Waals surface area contributed by atoms with Gasteiger partial charge in [-0.3, -0.25) is 9.59 Å². The number of hydrogen-bond donors (Lipinski definition) is 3. The number of hydrogen-bond acceptors (Lipinski definition) is 3. The molecule has 104 valence electrons. The third-order valence-electron chi connectivity index (χ3n) is 3.43. The normalized spacial score (nSPS) is 18.1. The van der Waals surface area contributed by atoms with Crippen LogP contribution >= 0.6 is 0 Å². The summed E-state index contributed by atoms with van der Waals surface area (Å²) in [6.07, 6.45) is 6.30. The van der Waals surface area contributed by atoms with Gasteiger partial charge in [0.15, 0.2) is 0 Å². The lowest BCUT2D eigenvalue weighted by Gasteiger charge is -2.24. The highest BCUT2D eigenvalue weighted by molar-refractivity contribution is 5.81. The molecule has 1 aliphatic carbocycles. The van der Waals surface area contributed by atoms with Crippen molar-refractivity contribution in [3.8, 4) is 0 Å². The van der Waals surface area contributed by atoms with Crippen LogP contribution in [0.25, 0.3) is 0 Å². The van der Waals surface area contributed by atoms with E-state index in [4.69, 9.17) is 0 Å². The first-order valence-electron chi connectivity index (χ1n) is 6.88. The van der Waals surface area contributed by atoms with Crippen LogP contribution in [0.4, 0.5) is 0 Å². The summed E-state index contributed by atoms with van der Waals surface area (Å²) in [4.78, 5) is 22.9. The van der Waals surface area contributed by atoms with Gasteiger partial charge in [-0.25, -0.2) is 0 Å². The predicted molar refractivity (Wildman–Crippen MR) is 71.2 cm³/mol. The monoisotopic (exact) mass is 255 g/mol. The molecule has 0 aliphatic heterocycles. The van der Waals surface area contributed by atoms with Crippen molar-refractivity contribution in [2.75, 3.05) is 13.6 Å². The lowest BCUT2D eigenvalue weighted by Crippen LogP contribution is -2.47. The van der Waals surface area contributed by atoms with Crippen molar-refractivity contribution in [1.29, 1.82) is 0 Å². The van der Waals surface area contributed by atoms with Gasteiger partial charge in [-0.05, 0) is 19.8 Å². The van der Waals surface area contributed by atoms with Gasteiger partial charge in [0.2, 0.25) is 11.8 Å². The minimum absolute atomic E-state index is 0.0117. The Hall–Kier alpha value is -1.10. The van der Waals surface area contributed by atoms with Crippen LogP contribution in [0.5, 0.6) is 0 Å². The molecule has 0 aromatic heterocycles. The Kier molecular flexibility index (Phi) is 6.72. The number of rotatable bonds is 6. The van der Waals surface area contributed by atoms with Crippen LogP contribution < -0.4 is 16.0 Å². The minimum Gasteiger partial charge on any atom is -0.359 e. The second kappa shape index (κ2) is 8.08. The van der Waals surface area contributed by atoms with Gasteiger partial charge in [0, 0.05) is 26.1 Å². The molecule has 0 aromatic carbocycles. The number of carbonyl (C=O) groups excluding carboxylic acids is 2. The Bertz CT molecular complexity index is 275. The van der Waals surface area contributed by atoms with E-state index in [9.17, 15) is 9.59 Å². The van der Waals surface area contributed by atoms with Gasteiger partial charge in [0.05, 0.1) is 6.04 Å². The van der Waals surface area contributed by atoms with E-state index in [0.717, 1.165) is 12.8 Å². The summed E-state index contributed by atoms with van der Waals surface area (Å²) in [6.45, 7) is 2.36. The maximum Gasteiger partial charge on any atom is 0.237 e. The fourth-order valence-corrected chi connectivity index (χ4v) is 2.19. The smallest absolute Gasteiger partial charge is 0.237 e. The van der Waals surface area contributed by atoms with Crippen LogP contribution in [-0.4, -0.2) is 37.5 Å². The molecular formula is C13H25N3O2. The quantitative estimate of drug-likeness (QED) is 0.649. The van der Waals surface area contributed by atoms with Gasteiger partial charge in [-0.1, -0.05) is 19.3 Å². The molecule has 2 amide bonds. The third kappa shape index (κ3) is 5.49. The van der Waals surface area contributed by atoms with Crippen molar-refractivity contribution in [3.63, 3.8) is 0 Å².